The molecular weight excluding hydrogens is 372 g/mol. The first-order valence-electron chi connectivity index (χ1n) is 10.4. The molecule has 0 aliphatic carbocycles. The van der Waals surface area contributed by atoms with Crippen LogP contribution in [0.1, 0.15) is 36.6 Å². The first kappa shape index (κ1) is 19.9. The number of nitrogens with zero attached hydrogens (tertiary/aromatic N) is 2. The number of H-pyrrole nitrogens is 1. The van der Waals surface area contributed by atoms with Gasteiger partial charge in [-0.1, -0.05) is 6.07 Å². The lowest BCUT2D eigenvalue weighted by molar-refractivity contribution is 0.343. The monoisotopic (exact) mass is 398 g/mol. The average Bonchev–Trinajstić information content (AvgIpc) is 3.12. The van der Waals surface area contributed by atoms with Gasteiger partial charge in [-0.25, -0.2) is 4.98 Å². The molecule has 30 heavy (non-hydrogen) atoms. The van der Waals surface area contributed by atoms with Crippen LogP contribution in [0.4, 0.5) is 0 Å². The molecular formula is C25H26N4O. The molecule has 3 N–H and O–H groups in total. The van der Waals surface area contributed by atoms with Crippen LogP contribution in [-0.4, -0.2) is 23.1 Å². The molecule has 0 spiro atoms. The van der Waals surface area contributed by atoms with Gasteiger partial charge in [0.15, 0.2) is 0 Å². The minimum Gasteiger partial charge on any atom is -0.492 e. The molecule has 0 fully saturated rings. The number of hydrogen-bond acceptors (Lipinski definition) is 4. The minimum absolute atomic E-state index is 0.595. The molecule has 0 saturated heterocycles. The largest absolute Gasteiger partial charge is 0.492 e. The van der Waals surface area contributed by atoms with E-state index >= 15 is 0 Å². The van der Waals surface area contributed by atoms with Crippen LogP contribution in [0.15, 0.2) is 42.5 Å². The van der Waals surface area contributed by atoms with E-state index in [2.05, 4.69) is 23.2 Å². The molecule has 0 unspecified atom stereocenters. The van der Waals surface area contributed by atoms with Crippen molar-refractivity contribution in [3.8, 4) is 23.1 Å². The van der Waals surface area contributed by atoms with Gasteiger partial charge in [-0.2, -0.15) is 5.26 Å². The number of aromatic nitrogens is 2. The summed E-state index contributed by atoms with van der Waals surface area (Å²) in [6, 6.07) is 16.3. The zero-order chi connectivity index (χ0) is 21.1. The molecule has 5 heteroatoms. The second-order valence-corrected chi connectivity index (χ2v) is 7.49. The van der Waals surface area contributed by atoms with Crippen LogP contribution >= 0.6 is 0 Å². The average molecular weight is 399 g/mol. The minimum atomic E-state index is 0.595. The number of aryl methyl sites for hydroxylation is 2. The lowest BCUT2D eigenvalue weighted by Crippen LogP contribution is -2.00. The topological polar surface area (TPSA) is 87.7 Å². The first-order valence-corrected chi connectivity index (χ1v) is 10.4. The summed E-state index contributed by atoms with van der Waals surface area (Å²) in [4.78, 5) is 8.38. The molecule has 0 saturated carbocycles. The van der Waals surface area contributed by atoms with Crippen LogP contribution in [0.5, 0.6) is 5.75 Å². The molecule has 0 atom stereocenters. The number of benzene rings is 2. The molecule has 0 aliphatic heterocycles. The van der Waals surface area contributed by atoms with Crippen molar-refractivity contribution in [3.05, 3.63) is 59.3 Å². The van der Waals surface area contributed by atoms with Gasteiger partial charge < -0.3 is 15.5 Å². The van der Waals surface area contributed by atoms with E-state index < -0.39 is 0 Å². The van der Waals surface area contributed by atoms with Crippen molar-refractivity contribution in [2.45, 2.75) is 33.1 Å². The third kappa shape index (κ3) is 3.62. The third-order valence-corrected chi connectivity index (χ3v) is 5.44. The standard InChI is InChI=1S/C25H26N4O/c1-3-30-23-12-10-19(20-9-7-16(2)28-25(20)23)24-18(6-4-5-13-26)21-14-17(15-27)8-11-22(21)29-24/h7-12,14,29H,3-6,13,26H2,1-2H3. The Balaban J connectivity index is 1.96. The van der Waals surface area contributed by atoms with Gasteiger partial charge in [0.05, 0.1) is 23.9 Å². The van der Waals surface area contributed by atoms with E-state index in [0.717, 1.165) is 63.8 Å². The van der Waals surface area contributed by atoms with E-state index in [-0.39, 0.29) is 0 Å². The number of nitrogens with one attached hydrogen (secondary N) is 1. The number of aromatic amines is 1. The van der Waals surface area contributed by atoms with Crippen molar-refractivity contribution in [2.75, 3.05) is 13.2 Å². The summed E-state index contributed by atoms with van der Waals surface area (Å²) in [7, 11) is 0. The van der Waals surface area contributed by atoms with Crippen molar-refractivity contribution < 1.29 is 4.74 Å². The summed E-state index contributed by atoms with van der Waals surface area (Å²) < 4.78 is 5.84. The molecule has 2 aromatic carbocycles. The number of pyridine rings is 1. The molecule has 152 valence electrons. The molecule has 0 amide bonds. The van der Waals surface area contributed by atoms with Gasteiger partial charge in [0.1, 0.15) is 11.3 Å². The Bertz CT molecular complexity index is 1250. The highest BCUT2D eigenvalue weighted by Gasteiger charge is 2.18. The summed E-state index contributed by atoms with van der Waals surface area (Å²) in [5.74, 6) is 0.799. The van der Waals surface area contributed by atoms with Gasteiger partial charge in [0, 0.05) is 27.5 Å². The highest BCUT2D eigenvalue weighted by Crippen LogP contribution is 2.38. The first-order chi connectivity index (χ1) is 14.7. The van der Waals surface area contributed by atoms with E-state index in [1.165, 1.54) is 5.56 Å². The summed E-state index contributed by atoms with van der Waals surface area (Å²) in [5, 5.41) is 11.5. The van der Waals surface area contributed by atoms with E-state index in [9.17, 15) is 5.26 Å². The van der Waals surface area contributed by atoms with Crippen LogP contribution in [0.25, 0.3) is 33.1 Å². The van der Waals surface area contributed by atoms with E-state index in [1.54, 1.807) is 0 Å². The molecule has 2 heterocycles. The highest BCUT2D eigenvalue weighted by molar-refractivity contribution is 6.01. The summed E-state index contributed by atoms with van der Waals surface area (Å²) in [6.45, 7) is 5.25. The fraction of sp³-hybridized carbons (Fsp3) is 0.280. The zero-order valence-electron chi connectivity index (χ0n) is 17.5. The second-order valence-electron chi connectivity index (χ2n) is 7.49. The molecule has 0 bridgehead atoms. The third-order valence-electron chi connectivity index (χ3n) is 5.44. The van der Waals surface area contributed by atoms with Crippen molar-refractivity contribution >= 4 is 21.8 Å². The molecule has 4 rings (SSSR count). The molecule has 0 aliphatic rings. The van der Waals surface area contributed by atoms with Crippen molar-refractivity contribution in [1.29, 1.82) is 5.26 Å². The van der Waals surface area contributed by atoms with Gasteiger partial charge in [0.2, 0.25) is 0 Å². The molecule has 5 nitrogen and oxygen atoms in total. The Kier molecular flexibility index (Phi) is 5.69. The Labute approximate surface area is 176 Å². The quantitative estimate of drug-likeness (QED) is 0.417. The number of unbranched alkanes of at least 4 members (excludes halogenated alkanes) is 1. The van der Waals surface area contributed by atoms with E-state index in [0.29, 0.717) is 18.7 Å². The van der Waals surface area contributed by atoms with Crippen LogP contribution in [0.3, 0.4) is 0 Å². The van der Waals surface area contributed by atoms with Gasteiger partial charge in [0.25, 0.3) is 0 Å². The Morgan fingerprint density at radius 1 is 1.10 bits per heavy atom. The predicted molar refractivity (Wildman–Crippen MR) is 122 cm³/mol. The summed E-state index contributed by atoms with van der Waals surface area (Å²) in [5.41, 5.74) is 12.7. The normalized spacial score (nSPS) is 11.1. The van der Waals surface area contributed by atoms with E-state index in [4.69, 9.17) is 15.5 Å². The number of hydrogen-bond donors (Lipinski definition) is 2. The van der Waals surface area contributed by atoms with Crippen LogP contribution in [0.2, 0.25) is 0 Å². The smallest absolute Gasteiger partial charge is 0.145 e. The molecule has 4 aromatic rings. The van der Waals surface area contributed by atoms with Crippen molar-refractivity contribution in [1.82, 2.24) is 9.97 Å². The number of fused-ring (bicyclic) bond motifs is 2. The second kappa shape index (κ2) is 8.56. The van der Waals surface area contributed by atoms with Gasteiger partial charge >= 0.3 is 0 Å². The number of nitrogens with two attached hydrogens (primary N) is 1. The Morgan fingerprint density at radius 3 is 2.73 bits per heavy atom. The van der Waals surface area contributed by atoms with Gasteiger partial charge in [-0.05, 0) is 81.6 Å². The predicted octanol–water partition coefficient (Wildman–Crippen LogP) is 5.24. The van der Waals surface area contributed by atoms with Crippen molar-refractivity contribution in [2.24, 2.45) is 5.73 Å². The maximum atomic E-state index is 9.38. The van der Waals surface area contributed by atoms with Crippen LogP contribution in [-0.2, 0) is 6.42 Å². The van der Waals surface area contributed by atoms with Crippen LogP contribution < -0.4 is 10.5 Å². The maximum absolute atomic E-state index is 9.38. The zero-order valence-corrected chi connectivity index (χ0v) is 17.5. The molecule has 2 aromatic heterocycles. The fourth-order valence-corrected chi connectivity index (χ4v) is 4.03. The van der Waals surface area contributed by atoms with Crippen molar-refractivity contribution in [3.63, 3.8) is 0 Å². The Morgan fingerprint density at radius 2 is 1.97 bits per heavy atom. The number of rotatable bonds is 7. The SMILES string of the molecule is CCOc1ccc(-c2[nH]c3ccc(C#N)cc3c2CCCCN)c2ccc(C)nc12. The lowest BCUT2D eigenvalue weighted by atomic mass is 9.97. The lowest BCUT2D eigenvalue weighted by Gasteiger charge is -2.12. The fourth-order valence-electron chi connectivity index (χ4n) is 4.03. The summed E-state index contributed by atoms with van der Waals surface area (Å²) in [6.07, 6.45) is 2.86. The summed E-state index contributed by atoms with van der Waals surface area (Å²) >= 11 is 0. The van der Waals surface area contributed by atoms with Gasteiger partial charge in [-0.3, -0.25) is 0 Å². The number of ether oxygens (including phenoxy) is 1. The van der Waals surface area contributed by atoms with E-state index in [1.807, 2.05) is 44.2 Å². The molecule has 0 radical (unpaired) electrons. The van der Waals surface area contributed by atoms with Gasteiger partial charge in [-0.15, -0.1) is 0 Å². The number of nitriles is 1. The van der Waals surface area contributed by atoms with Crippen LogP contribution in [0, 0.1) is 18.3 Å². The maximum Gasteiger partial charge on any atom is 0.145 e. The highest BCUT2D eigenvalue weighted by atomic mass is 16.5. The Hall–Kier alpha value is -3.36.